The molecule has 0 spiro atoms. The standard InChI is InChI=1S/C18H32N2O4/c1-14(18(23)24)13-20-17(22)11-12-19-16(21)10-6-5-9-15-7-3-2-4-8-15/h14-15H,2-13H2,1H3,(H,19,21)(H,20,22)(H,23,24)/t14-/m0/s1. The molecule has 0 bridgehead atoms. The molecule has 0 aliphatic heterocycles. The number of carbonyl (C=O) groups is 3. The summed E-state index contributed by atoms with van der Waals surface area (Å²) in [6, 6.07) is 0. The van der Waals surface area contributed by atoms with E-state index in [-0.39, 0.29) is 24.8 Å². The molecule has 24 heavy (non-hydrogen) atoms. The van der Waals surface area contributed by atoms with Gasteiger partial charge in [0.15, 0.2) is 0 Å². The molecule has 1 aliphatic carbocycles. The first-order valence-corrected chi connectivity index (χ1v) is 9.25. The van der Waals surface area contributed by atoms with Crippen LogP contribution < -0.4 is 10.6 Å². The number of carboxylic acids is 1. The molecular formula is C18H32N2O4. The quantitative estimate of drug-likeness (QED) is 0.504. The number of hydrogen-bond acceptors (Lipinski definition) is 3. The molecule has 0 heterocycles. The van der Waals surface area contributed by atoms with E-state index in [1.807, 2.05) is 0 Å². The highest BCUT2D eigenvalue weighted by Gasteiger charge is 2.13. The minimum absolute atomic E-state index is 0.00894. The van der Waals surface area contributed by atoms with Gasteiger partial charge in [-0.05, 0) is 12.3 Å². The lowest BCUT2D eigenvalue weighted by Gasteiger charge is -2.21. The molecule has 1 fully saturated rings. The van der Waals surface area contributed by atoms with Gasteiger partial charge in [0.05, 0.1) is 5.92 Å². The topological polar surface area (TPSA) is 95.5 Å². The van der Waals surface area contributed by atoms with E-state index in [0.717, 1.165) is 18.8 Å². The van der Waals surface area contributed by atoms with Gasteiger partial charge in [0.2, 0.25) is 11.8 Å². The van der Waals surface area contributed by atoms with Gasteiger partial charge in [0.25, 0.3) is 0 Å². The number of carbonyl (C=O) groups excluding carboxylic acids is 2. The van der Waals surface area contributed by atoms with Crippen LogP contribution in [-0.4, -0.2) is 36.0 Å². The van der Waals surface area contributed by atoms with Gasteiger partial charge in [-0.2, -0.15) is 0 Å². The van der Waals surface area contributed by atoms with Crippen LogP contribution in [0, 0.1) is 11.8 Å². The largest absolute Gasteiger partial charge is 0.481 e. The fourth-order valence-electron chi connectivity index (χ4n) is 3.04. The SMILES string of the molecule is C[C@@H](CNC(=O)CCNC(=O)CCCCC1CCCCC1)C(=O)O. The van der Waals surface area contributed by atoms with E-state index in [1.165, 1.54) is 45.4 Å². The summed E-state index contributed by atoms with van der Waals surface area (Å²) in [5.41, 5.74) is 0. The van der Waals surface area contributed by atoms with Crippen molar-refractivity contribution in [2.45, 2.75) is 71.1 Å². The molecule has 3 N–H and O–H groups in total. The molecule has 1 atom stereocenters. The third-order valence-corrected chi connectivity index (χ3v) is 4.69. The van der Waals surface area contributed by atoms with E-state index in [0.29, 0.717) is 13.0 Å². The zero-order chi connectivity index (χ0) is 17.8. The Balaban J connectivity index is 1.97. The summed E-state index contributed by atoms with van der Waals surface area (Å²) in [6.45, 7) is 1.95. The highest BCUT2D eigenvalue weighted by Crippen LogP contribution is 2.27. The maximum Gasteiger partial charge on any atom is 0.308 e. The zero-order valence-electron chi connectivity index (χ0n) is 14.8. The summed E-state index contributed by atoms with van der Waals surface area (Å²) >= 11 is 0. The Bertz CT molecular complexity index is 406. The Morgan fingerprint density at radius 1 is 1.00 bits per heavy atom. The zero-order valence-corrected chi connectivity index (χ0v) is 14.8. The average molecular weight is 340 g/mol. The van der Waals surface area contributed by atoms with Crippen molar-refractivity contribution >= 4 is 17.8 Å². The maximum atomic E-state index is 11.7. The summed E-state index contributed by atoms with van der Waals surface area (Å²) < 4.78 is 0. The first-order chi connectivity index (χ1) is 11.5. The molecule has 0 radical (unpaired) electrons. The van der Waals surface area contributed by atoms with Gasteiger partial charge in [-0.15, -0.1) is 0 Å². The van der Waals surface area contributed by atoms with E-state index in [2.05, 4.69) is 10.6 Å². The lowest BCUT2D eigenvalue weighted by atomic mass is 9.85. The van der Waals surface area contributed by atoms with Gasteiger partial charge < -0.3 is 15.7 Å². The first kappa shape index (κ1) is 20.5. The minimum atomic E-state index is -0.933. The van der Waals surface area contributed by atoms with Crippen LogP contribution in [0.2, 0.25) is 0 Å². The summed E-state index contributed by atoms with van der Waals surface area (Å²) in [6.07, 6.45) is 10.7. The van der Waals surface area contributed by atoms with Gasteiger partial charge in [-0.25, -0.2) is 0 Å². The van der Waals surface area contributed by atoms with Crippen LogP contribution in [0.5, 0.6) is 0 Å². The van der Waals surface area contributed by atoms with E-state index in [9.17, 15) is 14.4 Å². The molecule has 6 heteroatoms. The molecule has 1 aliphatic rings. The predicted molar refractivity (Wildman–Crippen MR) is 92.5 cm³/mol. The second kappa shape index (κ2) is 11.9. The Hall–Kier alpha value is -1.59. The molecule has 0 aromatic rings. The van der Waals surface area contributed by atoms with Crippen molar-refractivity contribution in [1.29, 1.82) is 0 Å². The summed E-state index contributed by atoms with van der Waals surface area (Å²) in [4.78, 5) is 33.9. The van der Waals surface area contributed by atoms with Gasteiger partial charge in [0, 0.05) is 25.9 Å². The Labute approximate surface area is 144 Å². The van der Waals surface area contributed by atoms with Crippen molar-refractivity contribution in [2.24, 2.45) is 11.8 Å². The fraction of sp³-hybridized carbons (Fsp3) is 0.833. The van der Waals surface area contributed by atoms with Crippen LogP contribution >= 0.6 is 0 Å². The highest BCUT2D eigenvalue weighted by molar-refractivity contribution is 5.79. The first-order valence-electron chi connectivity index (χ1n) is 9.25. The monoisotopic (exact) mass is 340 g/mol. The van der Waals surface area contributed by atoms with Crippen LogP contribution in [-0.2, 0) is 14.4 Å². The smallest absolute Gasteiger partial charge is 0.308 e. The summed E-state index contributed by atoms with van der Waals surface area (Å²) in [5, 5.41) is 14.0. The lowest BCUT2D eigenvalue weighted by Crippen LogP contribution is -2.34. The Morgan fingerprint density at radius 3 is 2.33 bits per heavy atom. The third-order valence-electron chi connectivity index (χ3n) is 4.69. The molecule has 138 valence electrons. The van der Waals surface area contributed by atoms with Crippen molar-refractivity contribution < 1.29 is 19.5 Å². The molecule has 0 saturated heterocycles. The highest BCUT2D eigenvalue weighted by atomic mass is 16.4. The Morgan fingerprint density at radius 2 is 1.67 bits per heavy atom. The molecule has 0 aromatic heterocycles. The summed E-state index contributed by atoms with van der Waals surface area (Å²) in [5.74, 6) is -0.922. The molecular weight excluding hydrogens is 308 g/mol. The number of aliphatic carboxylic acids is 1. The third kappa shape index (κ3) is 9.53. The molecule has 1 saturated carbocycles. The van der Waals surface area contributed by atoms with Crippen LogP contribution in [0.25, 0.3) is 0 Å². The van der Waals surface area contributed by atoms with Gasteiger partial charge in [0.1, 0.15) is 0 Å². The van der Waals surface area contributed by atoms with Crippen LogP contribution in [0.4, 0.5) is 0 Å². The van der Waals surface area contributed by atoms with Crippen LogP contribution in [0.1, 0.15) is 71.1 Å². The van der Waals surface area contributed by atoms with Crippen molar-refractivity contribution in [3.63, 3.8) is 0 Å². The molecule has 1 rings (SSSR count). The average Bonchev–Trinajstić information content (AvgIpc) is 2.57. The molecule has 6 nitrogen and oxygen atoms in total. The molecule has 0 unspecified atom stereocenters. The fourth-order valence-corrected chi connectivity index (χ4v) is 3.04. The van der Waals surface area contributed by atoms with Gasteiger partial charge in [-0.1, -0.05) is 51.9 Å². The number of hydrogen-bond donors (Lipinski definition) is 3. The van der Waals surface area contributed by atoms with Crippen molar-refractivity contribution in [2.75, 3.05) is 13.1 Å². The van der Waals surface area contributed by atoms with Crippen molar-refractivity contribution in [3.05, 3.63) is 0 Å². The van der Waals surface area contributed by atoms with E-state index >= 15 is 0 Å². The molecule has 0 aromatic carbocycles. The van der Waals surface area contributed by atoms with Crippen molar-refractivity contribution in [1.82, 2.24) is 10.6 Å². The van der Waals surface area contributed by atoms with Gasteiger partial charge >= 0.3 is 5.97 Å². The second-order valence-electron chi connectivity index (χ2n) is 6.89. The van der Waals surface area contributed by atoms with Gasteiger partial charge in [-0.3, -0.25) is 14.4 Å². The lowest BCUT2D eigenvalue weighted by molar-refractivity contribution is -0.141. The number of rotatable bonds is 11. The van der Waals surface area contributed by atoms with E-state index in [4.69, 9.17) is 5.11 Å². The van der Waals surface area contributed by atoms with Crippen LogP contribution in [0.3, 0.4) is 0 Å². The normalized spacial score (nSPS) is 16.4. The summed E-state index contributed by atoms with van der Waals surface area (Å²) in [7, 11) is 0. The number of unbranched alkanes of at least 4 members (excludes halogenated alkanes) is 1. The number of nitrogens with one attached hydrogen (secondary N) is 2. The maximum absolute atomic E-state index is 11.7. The van der Waals surface area contributed by atoms with E-state index in [1.54, 1.807) is 0 Å². The minimum Gasteiger partial charge on any atom is -0.481 e. The molecule has 2 amide bonds. The number of amides is 2. The predicted octanol–water partition coefficient (Wildman–Crippen LogP) is 2.47. The van der Waals surface area contributed by atoms with E-state index < -0.39 is 11.9 Å². The second-order valence-corrected chi connectivity index (χ2v) is 6.89. The number of carboxylic acid groups (broad SMARTS) is 1. The Kier molecular flexibility index (Phi) is 10.1. The van der Waals surface area contributed by atoms with Crippen molar-refractivity contribution in [3.8, 4) is 0 Å². The van der Waals surface area contributed by atoms with Crippen LogP contribution in [0.15, 0.2) is 0 Å².